The Bertz CT molecular complexity index is 1250. The van der Waals surface area contributed by atoms with Gasteiger partial charge in [-0.1, -0.05) is 23.4 Å². The minimum absolute atomic E-state index is 0.0588. The first-order chi connectivity index (χ1) is 16.2. The predicted octanol–water partition coefficient (Wildman–Crippen LogP) is 3.16. The highest BCUT2D eigenvalue weighted by atomic mass is 16.5. The summed E-state index contributed by atoms with van der Waals surface area (Å²) in [5.41, 5.74) is 2.37. The second kappa shape index (κ2) is 8.16. The maximum atomic E-state index is 13.0. The molecule has 0 spiro atoms. The molecule has 1 amide bonds. The van der Waals surface area contributed by atoms with Gasteiger partial charge in [-0.2, -0.15) is 4.98 Å². The number of carbonyl (C=O) groups is 1. The molecule has 1 aromatic carbocycles. The number of pyridine rings is 1. The molecular formula is C24H23N7O2. The van der Waals surface area contributed by atoms with Crippen LogP contribution < -0.4 is 4.90 Å². The van der Waals surface area contributed by atoms with Crippen molar-refractivity contribution < 1.29 is 9.32 Å². The molecule has 3 aromatic heterocycles. The summed E-state index contributed by atoms with van der Waals surface area (Å²) in [6.45, 7) is 2.94. The lowest BCUT2D eigenvalue weighted by molar-refractivity contribution is 0.0741. The van der Waals surface area contributed by atoms with Crippen LogP contribution in [0.1, 0.15) is 35.1 Å². The Morgan fingerprint density at radius 2 is 1.79 bits per heavy atom. The van der Waals surface area contributed by atoms with E-state index in [1.54, 1.807) is 23.3 Å². The summed E-state index contributed by atoms with van der Waals surface area (Å²) >= 11 is 0. The summed E-state index contributed by atoms with van der Waals surface area (Å²) < 4.78 is 7.11. The predicted molar refractivity (Wildman–Crippen MR) is 121 cm³/mol. The number of rotatable bonds is 5. The van der Waals surface area contributed by atoms with Gasteiger partial charge < -0.3 is 14.3 Å². The summed E-state index contributed by atoms with van der Waals surface area (Å²) in [7, 11) is 0. The molecule has 0 bridgehead atoms. The van der Waals surface area contributed by atoms with Crippen molar-refractivity contribution >= 4 is 11.6 Å². The molecule has 9 nitrogen and oxygen atoms in total. The molecule has 0 unspecified atom stereocenters. The number of nitrogens with zero attached hydrogens (tertiary/aromatic N) is 7. The van der Waals surface area contributed by atoms with E-state index in [9.17, 15) is 4.79 Å². The van der Waals surface area contributed by atoms with E-state index in [1.165, 1.54) is 5.69 Å². The van der Waals surface area contributed by atoms with E-state index >= 15 is 0 Å². The summed E-state index contributed by atoms with van der Waals surface area (Å²) in [6.07, 6.45) is 7.30. The first kappa shape index (κ1) is 19.7. The van der Waals surface area contributed by atoms with Gasteiger partial charge >= 0.3 is 0 Å². The van der Waals surface area contributed by atoms with Crippen LogP contribution in [0.5, 0.6) is 0 Å². The third-order valence-electron chi connectivity index (χ3n) is 6.13. The van der Waals surface area contributed by atoms with Crippen LogP contribution in [0.25, 0.3) is 17.3 Å². The lowest BCUT2D eigenvalue weighted by atomic mass is 10.2. The molecule has 0 N–H and O–H groups in total. The van der Waals surface area contributed by atoms with Gasteiger partial charge in [0.15, 0.2) is 5.82 Å². The molecule has 166 valence electrons. The molecule has 2 fully saturated rings. The van der Waals surface area contributed by atoms with Gasteiger partial charge in [0.05, 0.1) is 5.56 Å². The monoisotopic (exact) mass is 441 g/mol. The van der Waals surface area contributed by atoms with Crippen LogP contribution in [0.15, 0.2) is 65.7 Å². The number of hydrogen-bond acceptors (Lipinski definition) is 7. The average Bonchev–Trinajstić information content (AvgIpc) is 3.40. The van der Waals surface area contributed by atoms with E-state index < -0.39 is 0 Å². The van der Waals surface area contributed by atoms with Gasteiger partial charge in [0, 0.05) is 50.2 Å². The molecule has 1 saturated heterocycles. The van der Waals surface area contributed by atoms with Crippen LogP contribution in [0.4, 0.5) is 5.69 Å². The number of carbonyl (C=O) groups excluding carboxylic acids is 1. The Morgan fingerprint density at radius 3 is 2.52 bits per heavy atom. The van der Waals surface area contributed by atoms with Crippen molar-refractivity contribution in [3.05, 3.63) is 72.7 Å². The van der Waals surface area contributed by atoms with Gasteiger partial charge in [-0.15, -0.1) is 0 Å². The quantitative estimate of drug-likeness (QED) is 0.470. The standard InChI is InChI=1S/C24H23N7O2/c32-24(30-12-10-29(11-13-30)19-4-2-1-3-5-19)20-15-31(16-26-20)21-9-8-18(14-25-21)23-27-22(28-33-23)17-6-7-17/h1-5,8-9,14-17H,6-7,10-13H2. The van der Waals surface area contributed by atoms with E-state index in [1.807, 2.05) is 35.2 Å². The number of imidazole rings is 1. The zero-order chi connectivity index (χ0) is 22.2. The van der Waals surface area contributed by atoms with Gasteiger partial charge in [-0.3, -0.25) is 9.36 Å². The zero-order valence-electron chi connectivity index (χ0n) is 18.0. The summed E-state index contributed by atoms with van der Waals surface area (Å²) in [5, 5.41) is 4.05. The van der Waals surface area contributed by atoms with E-state index in [0.29, 0.717) is 36.4 Å². The molecule has 1 saturated carbocycles. The molecule has 2 aliphatic rings. The molecule has 33 heavy (non-hydrogen) atoms. The first-order valence-electron chi connectivity index (χ1n) is 11.2. The van der Waals surface area contributed by atoms with Crippen LogP contribution in [0, 0.1) is 0 Å². The Labute approximate surface area is 190 Å². The largest absolute Gasteiger partial charge is 0.368 e. The average molecular weight is 441 g/mol. The first-order valence-corrected chi connectivity index (χ1v) is 11.2. The highest BCUT2D eigenvalue weighted by Crippen LogP contribution is 2.38. The maximum absolute atomic E-state index is 13.0. The lowest BCUT2D eigenvalue weighted by Gasteiger charge is -2.35. The number of anilines is 1. The van der Waals surface area contributed by atoms with Crippen molar-refractivity contribution in [1.29, 1.82) is 0 Å². The normalized spacial score (nSPS) is 16.2. The van der Waals surface area contributed by atoms with Crippen molar-refractivity contribution in [2.24, 2.45) is 0 Å². The zero-order valence-corrected chi connectivity index (χ0v) is 18.0. The van der Waals surface area contributed by atoms with Gasteiger partial charge in [0.25, 0.3) is 11.8 Å². The Kier molecular flexibility index (Phi) is 4.86. The number of hydrogen-bond donors (Lipinski definition) is 0. The molecule has 0 radical (unpaired) electrons. The maximum Gasteiger partial charge on any atom is 0.274 e. The van der Waals surface area contributed by atoms with Crippen LogP contribution in [-0.2, 0) is 0 Å². The molecule has 0 atom stereocenters. The van der Waals surface area contributed by atoms with Crippen molar-refractivity contribution in [2.45, 2.75) is 18.8 Å². The fraction of sp³-hybridized carbons (Fsp3) is 0.292. The van der Waals surface area contributed by atoms with E-state index in [0.717, 1.165) is 37.3 Å². The number of para-hydroxylation sites is 1. The summed E-state index contributed by atoms with van der Waals surface area (Å²) in [5.74, 6) is 2.30. The fourth-order valence-electron chi connectivity index (χ4n) is 4.05. The summed E-state index contributed by atoms with van der Waals surface area (Å²) in [4.78, 5) is 30.4. The third kappa shape index (κ3) is 3.97. The van der Waals surface area contributed by atoms with Crippen molar-refractivity contribution in [1.82, 2.24) is 29.6 Å². The fourth-order valence-corrected chi connectivity index (χ4v) is 4.05. The second-order valence-corrected chi connectivity index (χ2v) is 8.42. The molecule has 4 heterocycles. The van der Waals surface area contributed by atoms with Crippen molar-refractivity contribution in [3.8, 4) is 17.3 Å². The molecule has 1 aliphatic heterocycles. The molecular weight excluding hydrogens is 418 g/mol. The highest BCUT2D eigenvalue weighted by Gasteiger charge is 2.29. The molecule has 9 heteroatoms. The van der Waals surface area contributed by atoms with Gasteiger partial charge in [0.1, 0.15) is 17.8 Å². The molecule has 1 aliphatic carbocycles. The molecule has 4 aromatic rings. The van der Waals surface area contributed by atoms with Gasteiger partial charge in [0.2, 0.25) is 0 Å². The number of amides is 1. The second-order valence-electron chi connectivity index (χ2n) is 8.42. The van der Waals surface area contributed by atoms with E-state index in [4.69, 9.17) is 4.52 Å². The summed E-state index contributed by atoms with van der Waals surface area (Å²) in [6, 6.07) is 14.0. The number of piperazine rings is 1. The van der Waals surface area contributed by atoms with Gasteiger partial charge in [-0.25, -0.2) is 9.97 Å². The van der Waals surface area contributed by atoms with Gasteiger partial charge in [-0.05, 0) is 37.1 Å². The minimum Gasteiger partial charge on any atom is -0.368 e. The third-order valence-corrected chi connectivity index (χ3v) is 6.13. The highest BCUT2D eigenvalue weighted by molar-refractivity contribution is 5.92. The molecule has 6 rings (SSSR count). The smallest absolute Gasteiger partial charge is 0.274 e. The number of aromatic nitrogens is 5. The van der Waals surface area contributed by atoms with Crippen molar-refractivity contribution in [2.75, 3.05) is 31.1 Å². The van der Waals surface area contributed by atoms with Crippen LogP contribution >= 0.6 is 0 Å². The Hall–Kier alpha value is -4.01. The van der Waals surface area contributed by atoms with E-state index in [2.05, 4.69) is 37.1 Å². The topological polar surface area (TPSA) is 93.2 Å². The van der Waals surface area contributed by atoms with Crippen LogP contribution in [-0.4, -0.2) is 61.7 Å². The van der Waals surface area contributed by atoms with Crippen molar-refractivity contribution in [3.63, 3.8) is 0 Å². The number of benzene rings is 1. The van der Waals surface area contributed by atoms with E-state index in [-0.39, 0.29) is 5.91 Å². The minimum atomic E-state index is -0.0588. The van der Waals surface area contributed by atoms with Crippen LogP contribution in [0.3, 0.4) is 0 Å². The SMILES string of the molecule is O=C(c1cn(-c2ccc(-c3nc(C4CC4)no3)cn2)cn1)N1CCN(c2ccccc2)CC1. The van der Waals surface area contributed by atoms with Crippen LogP contribution in [0.2, 0.25) is 0 Å². The Balaban J connectivity index is 1.11. The Morgan fingerprint density at radius 1 is 0.970 bits per heavy atom. The lowest BCUT2D eigenvalue weighted by Crippen LogP contribution is -2.48.